The number of fused-ring (bicyclic) bond motifs is 3. The summed E-state index contributed by atoms with van der Waals surface area (Å²) in [5.74, 6) is -0.170. The Kier molecular flexibility index (Phi) is 6.99. The number of ether oxygens (including phenoxy) is 2. The SMILES string of the molecule is CC(=O)NC[C@@H]1OC(=O)N2c3cc(F)c(C4=CCN(C(=O)[C@@H]5CCCN5)CC4)cc3OC[C@@H]12.Cl. The van der Waals surface area contributed by atoms with Crippen molar-refractivity contribution in [3.8, 4) is 5.75 Å². The van der Waals surface area contributed by atoms with Crippen LogP contribution in [0.1, 0.15) is 31.7 Å². The van der Waals surface area contributed by atoms with Gasteiger partial charge in [0.15, 0.2) is 0 Å². The Morgan fingerprint density at radius 1 is 1.32 bits per heavy atom. The van der Waals surface area contributed by atoms with Crippen molar-refractivity contribution in [3.63, 3.8) is 0 Å². The molecule has 2 fully saturated rings. The van der Waals surface area contributed by atoms with E-state index in [1.165, 1.54) is 17.9 Å². The molecule has 0 radical (unpaired) electrons. The Morgan fingerprint density at radius 2 is 2.15 bits per heavy atom. The number of nitrogens with zero attached hydrogens (tertiary/aromatic N) is 2. The Bertz CT molecular complexity index is 1030. The van der Waals surface area contributed by atoms with Crippen molar-refractivity contribution < 1.29 is 28.2 Å². The molecule has 0 aromatic heterocycles. The second-order valence-electron chi connectivity index (χ2n) is 8.82. The van der Waals surface area contributed by atoms with Crippen molar-refractivity contribution in [2.75, 3.05) is 37.7 Å². The van der Waals surface area contributed by atoms with Gasteiger partial charge in [-0.2, -0.15) is 0 Å². The predicted molar refractivity (Wildman–Crippen MR) is 125 cm³/mol. The van der Waals surface area contributed by atoms with Crippen LogP contribution in [-0.2, 0) is 14.3 Å². The molecule has 11 heteroatoms. The first-order valence-corrected chi connectivity index (χ1v) is 11.3. The third-order valence-electron chi connectivity index (χ3n) is 6.70. The van der Waals surface area contributed by atoms with Gasteiger partial charge in [-0.15, -0.1) is 12.4 Å². The van der Waals surface area contributed by atoms with Crippen molar-refractivity contribution in [1.29, 1.82) is 0 Å². The highest BCUT2D eigenvalue weighted by Crippen LogP contribution is 2.42. The first-order valence-electron chi connectivity index (χ1n) is 11.3. The highest BCUT2D eigenvalue weighted by atomic mass is 35.5. The molecule has 34 heavy (non-hydrogen) atoms. The van der Waals surface area contributed by atoms with Gasteiger partial charge in [0.1, 0.15) is 30.3 Å². The van der Waals surface area contributed by atoms with Crippen LogP contribution in [0.15, 0.2) is 18.2 Å². The third kappa shape index (κ3) is 4.44. The summed E-state index contributed by atoms with van der Waals surface area (Å²) in [6, 6.07) is 2.37. The van der Waals surface area contributed by atoms with Crippen LogP contribution in [0.3, 0.4) is 0 Å². The van der Waals surface area contributed by atoms with Gasteiger partial charge in [-0.3, -0.25) is 14.5 Å². The summed E-state index contributed by atoms with van der Waals surface area (Å²) in [5.41, 5.74) is 1.56. The average Bonchev–Trinajstić information content (AvgIpc) is 3.45. The van der Waals surface area contributed by atoms with Crippen LogP contribution in [-0.4, -0.2) is 73.8 Å². The summed E-state index contributed by atoms with van der Waals surface area (Å²) in [6.45, 7) is 3.58. The predicted octanol–water partition coefficient (Wildman–Crippen LogP) is 1.84. The van der Waals surface area contributed by atoms with Gasteiger partial charge >= 0.3 is 6.09 Å². The van der Waals surface area contributed by atoms with E-state index < -0.39 is 24.1 Å². The number of hydrogen-bond acceptors (Lipinski definition) is 6. The van der Waals surface area contributed by atoms with E-state index in [4.69, 9.17) is 9.47 Å². The van der Waals surface area contributed by atoms with E-state index in [2.05, 4.69) is 10.6 Å². The molecule has 184 valence electrons. The van der Waals surface area contributed by atoms with Crippen LogP contribution in [0.2, 0.25) is 0 Å². The lowest BCUT2D eigenvalue weighted by atomic mass is 9.96. The molecule has 2 N–H and O–H groups in total. The van der Waals surface area contributed by atoms with E-state index in [0.717, 1.165) is 25.0 Å². The van der Waals surface area contributed by atoms with Crippen LogP contribution in [0.25, 0.3) is 5.57 Å². The van der Waals surface area contributed by atoms with Crippen molar-refractivity contribution in [2.45, 2.75) is 44.4 Å². The van der Waals surface area contributed by atoms with Gasteiger partial charge < -0.3 is 25.0 Å². The quantitative estimate of drug-likeness (QED) is 0.662. The largest absolute Gasteiger partial charge is 0.489 e. The first-order chi connectivity index (χ1) is 15.9. The Morgan fingerprint density at radius 3 is 2.82 bits per heavy atom. The summed E-state index contributed by atoms with van der Waals surface area (Å²) in [6.07, 6.45) is 3.14. The molecule has 0 bridgehead atoms. The normalized spacial score (nSPS) is 25.4. The molecule has 4 aliphatic rings. The smallest absolute Gasteiger partial charge is 0.415 e. The molecular formula is C23H28ClFN4O5. The number of carbonyl (C=O) groups is 3. The topological polar surface area (TPSA) is 100 Å². The molecule has 4 aliphatic heterocycles. The van der Waals surface area contributed by atoms with E-state index in [1.54, 1.807) is 11.0 Å². The van der Waals surface area contributed by atoms with Crippen LogP contribution >= 0.6 is 12.4 Å². The van der Waals surface area contributed by atoms with E-state index in [-0.39, 0.29) is 43.4 Å². The Balaban J connectivity index is 0.00000274. The van der Waals surface area contributed by atoms with Gasteiger partial charge in [0, 0.05) is 31.6 Å². The lowest BCUT2D eigenvalue weighted by Crippen LogP contribution is -2.47. The highest BCUT2D eigenvalue weighted by Gasteiger charge is 2.47. The average molecular weight is 495 g/mol. The Hall–Kier alpha value is -2.85. The molecule has 5 rings (SSSR count). The molecule has 3 amide bonds. The molecule has 0 aliphatic carbocycles. The second kappa shape index (κ2) is 9.79. The molecule has 0 saturated carbocycles. The highest BCUT2D eigenvalue weighted by molar-refractivity contribution is 5.94. The fraction of sp³-hybridized carbons (Fsp3) is 0.522. The summed E-state index contributed by atoms with van der Waals surface area (Å²) in [5, 5.41) is 5.87. The van der Waals surface area contributed by atoms with Crippen molar-refractivity contribution in [1.82, 2.24) is 15.5 Å². The maximum absolute atomic E-state index is 15.2. The molecule has 9 nitrogen and oxygen atoms in total. The monoisotopic (exact) mass is 494 g/mol. The molecule has 0 unspecified atom stereocenters. The number of hydrogen-bond donors (Lipinski definition) is 2. The zero-order chi connectivity index (χ0) is 23.1. The standard InChI is InChI=1S/C23H27FN4O5.ClH/c1-13(29)26-11-21-19-12-32-20-9-15(16(24)10-18(20)28(19)23(31)33-21)14-4-7-27(8-5-14)22(30)17-3-2-6-25-17;/h4,9-10,17,19,21,25H,2-3,5-8,11-12H2,1H3,(H,26,29);1H/t17-,19-,21-;/m0./s1. The minimum Gasteiger partial charge on any atom is -0.489 e. The maximum Gasteiger partial charge on any atom is 0.415 e. The lowest BCUT2D eigenvalue weighted by Gasteiger charge is -2.32. The van der Waals surface area contributed by atoms with E-state index in [0.29, 0.717) is 36.5 Å². The zero-order valence-electron chi connectivity index (χ0n) is 18.8. The first kappa shape index (κ1) is 24.3. The summed E-state index contributed by atoms with van der Waals surface area (Å²) in [4.78, 5) is 39.5. The maximum atomic E-state index is 15.2. The number of nitrogens with one attached hydrogen (secondary N) is 2. The molecule has 4 heterocycles. The van der Waals surface area contributed by atoms with E-state index >= 15 is 4.39 Å². The summed E-state index contributed by atoms with van der Waals surface area (Å²) in [7, 11) is 0. The molecule has 1 aromatic carbocycles. The number of halogens is 2. The van der Waals surface area contributed by atoms with E-state index in [1.807, 2.05) is 6.08 Å². The number of rotatable bonds is 4. The molecule has 0 spiro atoms. The van der Waals surface area contributed by atoms with Crippen LogP contribution in [0, 0.1) is 5.82 Å². The number of cyclic esters (lactones) is 1. The number of amides is 3. The molecular weight excluding hydrogens is 467 g/mol. The van der Waals surface area contributed by atoms with Crippen LogP contribution in [0.5, 0.6) is 5.75 Å². The fourth-order valence-corrected chi connectivity index (χ4v) is 4.95. The molecule has 1 aromatic rings. The van der Waals surface area contributed by atoms with Crippen molar-refractivity contribution >= 4 is 41.6 Å². The van der Waals surface area contributed by atoms with Crippen LogP contribution < -0.4 is 20.3 Å². The number of carbonyl (C=O) groups excluding carboxylic acids is 3. The summed E-state index contributed by atoms with van der Waals surface area (Å²) >= 11 is 0. The zero-order valence-corrected chi connectivity index (χ0v) is 19.7. The van der Waals surface area contributed by atoms with E-state index in [9.17, 15) is 14.4 Å². The molecule has 3 atom stereocenters. The number of anilines is 1. The van der Waals surface area contributed by atoms with Gasteiger partial charge in [0.25, 0.3) is 0 Å². The van der Waals surface area contributed by atoms with Gasteiger partial charge in [0.2, 0.25) is 11.8 Å². The van der Waals surface area contributed by atoms with Crippen molar-refractivity contribution in [3.05, 3.63) is 29.6 Å². The van der Waals surface area contributed by atoms with Gasteiger partial charge in [-0.05, 0) is 37.4 Å². The minimum atomic E-state index is -0.585. The lowest BCUT2D eigenvalue weighted by molar-refractivity contribution is -0.132. The summed E-state index contributed by atoms with van der Waals surface area (Å²) < 4.78 is 26.5. The second-order valence-corrected chi connectivity index (χ2v) is 8.82. The van der Waals surface area contributed by atoms with Gasteiger partial charge in [0.05, 0.1) is 18.3 Å². The van der Waals surface area contributed by atoms with Crippen LogP contribution in [0.4, 0.5) is 14.9 Å². The van der Waals surface area contributed by atoms with Gasteiger partial charge in [-0.1, -0.05) is 6.08 Å². The van der Waals surface area contributed by atoms with Gasteiger partial charge in [-0.25, -0.2) is 9.18 Å². The fourth-order valence-electron chi connectivity index (χ4n) is 4.95. The minimum absolute atomic E-state index is 0. The Labute approximate surface area is 203 Å². The van der Waals surface area contributed by atoms with Crippen molar-refractivity contribution in [2.24, 2.45) is 0 Å². The number of benzene rings is 1. The third-order valence-corrected chi connectivity index (χ3v) is 6.70. The molecule has 2 saturated heterocycles.